The number of amides is 1. The van der Waals surface area contributed by atoms with Crippen LogP contribution in [0.2, 0.25) is 0 Å². The van der Waals surface area contributed by atoms with E-state index in [0.29, 0.717) is 5.16 Å². The van der Waals surface area contributed by atoms with Gasteiger partial charge in [0.15, 0.2) is 10.8 Å². The van der Waals surface area contributed by atoms with Gasteiger partial charge >= 0.3 is 0 Å². The monoisotopic (exact) mass is 407 g/mol. The molecule has 0 aliphatic heterocycles. The van der Waals surface area contributed by atoms with Crippen LogP contribution in [0, 0.1) is 0 Å². The summed E-state index contributed by atoms with van der Waals surface area (Å²) < 4.78 is 7.09. The zero-order chi connectivity index (χ0) is 20.4. The van der Waals surface area contributed by atoms with Crippen molar-refractivity contribution in [2.45, 2.75) is 24.9 Å². The summed E-state index contributed by atoms with van der Waals surface area (Å²) in [6.07, 6.45) is 0. The molecule has 0 fully saturated rings. The molecule has 0 atom stereocenters. The Kier molecular flexibility index (Phi) is 5.35. The number of nitrogens with one attached hydrogen (secondary N) is 1. The van der Waals surface area contributed by atoms with Gasteiger partial charge in [-0.25, -0.2) is 4.98 Å². The molecule has 1 N–H and O–H groups in total. The van der Waals surface area contributed by atoms with Crippen LogP contribution >= 0.6 is 11.8 Å². The molecule has 0 aliphatic rings. The van der Waals surface area contributed by atoms with Crippen LogP contribution in [0.15, 0.2) is 53.7 Å². The molecule has 4 rings (SSSR count). The largest absolute Gasteiger partial charge is 0.497 e. The number of benzene rings is 2. The number of para-hydroxylation sites is 1. The normalized spacial score (nSPS) is 11.3. The Morgan fingerprint density at radius 2 is 1.90 bits per heavy atom. The first kappa shape index (κ1) is 19.2. The number of carbonyl (C=O) groups is 1. The predicted molar refractivity (Wildman–Crippen MR) is 115 cm³/mol. The molecule has 2 aromatic heterocycles. The van der Waals surface area contributed by atoms with Crippen LogP contribution in [-0.4, -0.2) is 38.4 Å². The highest BCUT2D eigenvalue weighted by atomic mass is 32.2. The van der Waals surface area contributed by atoms with Crippen molar-refractivity contribution in [2.24, 2.45) is 0 Å². The number of aromatic nitrogens is 4. The average Bonchev–Trinajstić information content (AvgIpc) is 3.16. The lowest BCUT2D eigenvalue weighted by atomic mass is 10.2. The van der Waals surface area contributed by atoms with E-state index in [2.05, 4.69) is 29.4 Å². The number of thioether (sulfide) groups is 1. The molecule has 2 aromatic carbocycles. The number of anilines is 1. The highest BCUT2D eigenvalue weighted by molar-refractivity contribution is 7.99. The smallest absolute Gasteiger partial charge is 0.234 e. The molecule has 0 unspecified atom stereocenters. The van der Waals surface area contributed by atoms with E-state index < -0.39 is 0 Å². The minimum atomic E-state index is -0.114. The number of rotatable bonds is 6. The number of fused-ring (bicyclic) bond motifs is 3. The third kappa shape index (κ3) is 3.88. The number of methoxy groups -OCH3 is 1. The molecule has 1 amide bonds. The number of nitrogens with zero attached hydrogens (tertiary/aromatic N) is 4. The van der Waals surface area contributed by atoms with Crippen molar-refractivity contribution in [2.75, 3.05) is 18.2 Å². The fourth-order valence-corrected chi connectivity index (χ4v) is 3.81. The summed E-state index contributed by atoms with van der Waals surface area (Å²) in [6, 6.07) is 15.1. The Balaban J connectivity index is 1.57. The maximum absolute atomic E-state index is 12.4. The fourth-order valence-electron chi connectivity index (χ4n) is 3.07. The van der Waals surface area contributed by atoms with Crippen LogP contribution < -0.4 is 10.1 Å². The molecule has 0 bridgehead atoms. The highest BCUT2D eigenvalue weighted by Gasteiger charge is 2.18. The Hall–Kier alpha value is -3.13. The first-order valence-corrected chi connectivity index (χ1v) is 10.3. The van der Waals surface area contributed by atoms with Crippen molar-refractivity contribution in [3.05, 3.63) is 54.4 Å². The van der Waals surface area contributed by atoms with Crippen molar-refractivity contribution >= 4 is 39.9 Å². The molecule has 0 spiro atoms. The molecule has 8 heteroatoms. The first-order valence-electron chi connectivity index (χ1n) is 9.27. The molecular formula is C21H21N5O2S. The maximum Gasteiger partial charge on any atom is 0.234 e. The van der Waals surface area contributed by atoms with Gasteiger partial charge in [-0.05, 0) is 36.4 Å². The van der Waals surface area contributed by atoms with Gasteiger partial charge in [-0.3, -0.25) is 9.20 Å². The number of hydrogen-bond acceptors (Lipinski definition) is 6. The lowest BCUT2D eigenvalue weighted by Crippen LogP contribution is -2.14. The molecular weight excluding hydrogens is 386 g/mol. The predicted octanol–water partition coefficient (Wildman–Crippen LogP) is 4.14. The summed E-state index contributed by atoms with van der Waals surface area (Å²) in [6.45, 7) is 4.17. The summed E-state index contributed by atoms with van der Waals surface area (Å²) >= 11 is 1.34. The molecule has 148 valence electrons. The second-order valence-electron chi connectivity index (χ2n) is 6.85. The van der Waals surface area contributed by atoms with Crippen LogP contribution in [0.1, 0.15) is 25.6 Å². The number of hydrogen-bond donors (Lipinski definition) is 1. The average molecular weight is 407 g/mol. The molecule has 0 saturated heterocycles. The maximum atomic E-state index is 12.4. The van der Waals surface area contributed by atoms with E-state index in [1.807, 2.05) is 28.7 Å². The molecule has 4 aromatic rings. The minimum absolute atomic E-state index is 0.114. The second kappa shape index (κ2) is 8.08. The third-order valence-electron chi connectivity index (χ3n) is 4.46. The van der Waals surface area contributed by atoms with Gasteiger partial charge in [-0.1, -0.05) is 37.7 Å². The molecule has 0 saturated carbocycles. The van der Waals surface area contributed by atoms with Gasteiger partial charge in [-0.15, -0.1) is 10.2 Å². The molecule has 2 heterocycles. The molecule has 29 heavy (non-hydrogen) atoms. The van der Waals surface area contributed by atoms with Gasteiger partial charge < -0.3 is 10.1 Å². The van der Waals surface area contributed by atoms with Gasteiger partial charge in [0.05, 0.1) is 18.4 Å². The van der Waals surface area contributed by atoms with E-state index in [4.69, 9.17) is 9.72 Å². The van der Waals surface area contributed by atoms with E-state index in [9.17, 15) is 4.79 Å². The van der Waals surface area contributed by atoms with Crippen LogP contribution in [0.25, 0.3) is 16.6 Å². The quantitative estimate of drug-likeness (QED) is 0.484. The van der Waals surface area contributed by atoms with Gasteiger partial charge in [0.2, 0.25) is 5.91 Å². The van der Waals surface area contributed by atoms with Crippen LogP contribution in [0.5, 0.6) is 5.75 Å². The van der Waals surface area contributed by atoms with E-state index in [-0.39, 0.29) is 17.6 Å². The molecule has 7 nitrogen and oxygen atoms in total. The van der Waals surface area contributed by atoms with E-state index in [1.165, 1.54) is 11.8 Å². The highest BCUT2D eigenvalue weighted by Crippen LogP contribution is 2.27. The second-order valence-corrected chi connectivity index (χ2v) is 7.79. The van der Waals surface area contributed by atoms with Crippen LogP contribution in [0.4, 0.5) is 5.69 Å². The summed E-state index contributed by atoms with van der Waals surface area (Å²) in [5.74, 6) is 1.91. The summed E-state index contributed by atoms with van der Waals surface area (Å²) in [4.78, 5) is 17.2. The summed E-state index contributed by atoms with van der Waals surface area (Å²) in [7, 11) is 1.61. The Morgan fingerprint density at radius 3 is 2.62 bits per heavy atom. The standard InChI is InChI=1S/C21H21N5O2S/c1-13(2)19-23-17-7-5-4-6-16(17)20-24-25-21(26(19)20)29-12-18(27)22-14-8-10-15(28-3)11-9-14/h4-11,13H,12H2,1-3H3,(H,22,27). The Morgan fingerprint density at radius 1 is 1.14 bits per heavy atom. The lowest BCUT2D eigenvalue weighted by Gasteiger charge is -2.11. The van der Waals surface area contributed by atoms with Crippen molar-refractivity contribution in [3.8, 4) is 5.75 Å². The Labute approximate surface area is 172 Å². The zero-order valence-corrected chi connectivity index (χ0v) is 17.2. The number of ether oxygens (including phenoxy) is 1. The van der Waals surface area contributed by atoms with E-state index in [0.717, 1.165) is 33.8 Å². The lowest BCUT2D eigenvalue weighted by molar-refractivity contribution is -0.113. The topological polar surface area (TPSA) is 81.4 Å². The van der Waals surface area contributed by atoms with Crippen LogP contribution in [0.3, 0.4) is 0 Å². The Bertz CT molecular complexity index is 1170. The van der Waals surface area contributed by atoms with Crippen LogP contribution in [-0.2, 0) is 4.79 Å². The SMILES string of the molecule is COc1ccc(NC(=O)CSc2nnc3c4ccccc4nc(C(C)C)n23)cc1. The van der Waals surface area contributed by atoms with Crippen molar-refractivity contribution in [1.29, 1.82) is 0 Å². The summed E-state index contributed by atoms with van der Waals surface area (Å²) in [5, 5.41) is 13.2. The van der Waals surface area contributed by atoms with Gasteiger partial charge in [0.25, 0.3) is 0 Å². The number of carbonyl (C=O) groups excluding carboxylic acids is 1. The third-order valence-corrected chi connectivity index (χ3v) is 5.39. The zero-order valence-electron chi connectivity index (χ0n) is 16.4. The van der Waals surface area contributed by atoms with Gasteiger partial charge in [0.1, 0.15) is 11.6 Å². The summed E-state index contributed by atoms with van der Waals surface area (Å²) in [5.41, 5.74) is 2.38. The van der Waals surface area contributed by atoms with Crippen molar-refractivity contribution in [3.63, 3.8) is 0 Å². The van der Waals surface area contributed by atoms with Crippen molar-refractivity contribution < 1.29 is 9.53 Å². The first-order chi connectivity index (χ1) is 14.1. The van der Waals surface area contributed by atoms with E-state index >= 15 is 0 Å². The van der Waals surface area contributed by atoms with Gasteiger partial charge in [0, 0.05) is 17.0 Å². The van der Waals surface area contributed by atoms with Gasteiger partial charge in [-0.2, -0.15) is 0 Å². The molecule has 0 aliphatic carbocycles. The van der Waals surface area contributed by atoms with E-state index in [1.54, 1.807) is 31.4 Å². The minimum Gasteiger partial charge on any atom is -0.497 e. The van der Waals surface area contributed by atoms with Crippen molar-refractivity contribution in [1.82, 2.24) is 19.6 Å². The fraction of sp³-hybridized carbons (Fsp3) is 0.238. The molecule has 0 radical (unpaired) electrons.